The first-order chi connectivity index (χ1) is 11.7. The Hall–Kier alpha value is -2.08. The fourth-order valence-corrected chi connectivity index (χ4v) is 3.83. The summed E-state index contributed by atoms with van der Waals surface area (Å²) in [5.74, 6) is 0.604. The number of guanidine groups is 1. The van der Waals surface area contributed by atoms with Crippen LogP contribution in [0.1, 0.15) is 24.8 Å². The molecule has 1 aromatic heterocycles. The van der Waals surface area contributed by atoms with E-state index in [1.165, 1.54) is 12.5 Å². The second-order valence-corrected chi connectivity index (χ2v) is 6.61. The van der Waals surface area contributed by atoms with E-state index in [4.69, 9.17) is 4.74 Å². The van der Waals surface area contributed by atoms with Crippen molar-refractivity contribution in [3.05, 3.63) is 35.8 Å². The highest BCUT2D eigenvalue weighted by Gasteiger charge is 2.41. The molecule has 1 aromatic carbocycles. The Bertz CT molecular complexity index is 757. The molecule has 2 saturated heterocycles. The molecule has 0 saturated carbocycles. The van der Waals surface area contributed by atoms with Crippen molar-refractivity contribution in [2.24, 2.45) is 4.99 Å². The van der Waals surface area contributed by atoms with Crippen LogP contribution in [0.5, 0.6) is 0 Å². The zero-order valence-corrected chi connectivity index (χ0v) is 13.8. The molecule has 5 nitrogen and oxygen atoms in total. The molecule has 2 bridgehead atoms. The Balaban J connectivity index is 1.33. The van der Waals surface area contributed by atoms with Crippen molar-refractivity contribution >= 4 is 16.9 Å². The number of halogens is 1. The lowest BCUT2D eigenvalue weighted by Crippen LogP contribution is -2.47. The Kier molecular flexibility index (Phi) is 4.14. The van der Waals surface area contributed by atoms with Crippen LogP contribution in [0.3, 0.4) is 0 Å². The van der Waals surface area contributed by atoms with Gasteiger partial charge in [0.15, 0.2) is 5.96 Å². The number of fused-ring (bicyclic) bond motifs is 3. The fourth-order valence-electron chi connectivity index (χ4n) is 3.83. The number of hydrogen-bond acceptors (Lipinski definition) is 2. The van der Waals surface area contributed by atoms with E-state index in [1.807, 2.05) is 6.20 Å². The minimum absolute atomic E-state index is 0.204. The predicted octanol–water partition coefficient (Wildman–Crippen LogP) is 2.33. The van der Waals surface area contributed by atoms with Crippen LogP contribution >= 0.6 is 0 Å². The maximum absolute atomic E-state index is 13.4. The SMILES string of the molecule is CN=C(NCCc1c[nH]c2ccc(F)cc12)NC1CC2CCC1O2. The molecule has 2 fully saturated rings. The number of ether oxygens (including phenoxy) is 1. The van der Waals surface area contributed by atoms with E-state index in [9.17, 15) is 4.39 Å². The molecule has 2 aromatic rings. The summed E-state index contributed by atoms with van der Waals surface area (Å²) in [5.41, 5.74) is 2.07. The summed E-state index contributed by atoms with van der Waals surface area (Å²) in [6.07, 6.45) is 6.89. The lowest BCUT2D eigenvalue weighted by molar-refractivity contribution is 0.0992. The summed E-state index contributed by atoms with van der Waals surface area (Å²) in [7, 11) is 1.78. The molecule has 3 unspecified atom stereocenters. The van der Waals surface area contributed by atoms with Crippen LogP contribution in [0.15, 0.2) is 29.4 Å². The summed E-state index contributed by atoms with van der Waals surface area (Å²) < 4.78 is 19.3. The van der Waals surface area contributed by atoms with Gasteiger partial charge in [-0.15, -0.1) is 0 Å². The zero-order valence-electron chi connectivity index (χ0n) is 13.8. The monoisotopic (exact) mass is 330 g/mol. The van der Waals surface area contributed by atoms with Gasteiger partial charge in [-0.3, -0.25) is 4.99 Å². The average molecular weight is 330 g/mol. The topological polar surface area (TPSA) is 61.4 Å². The predicted molar refractivity (Wildman–Crippen MR) is 92.8 cm³/mol. The Morgan fingerprint density at radius 1 is 1.42 bits per heavy atom. The molecule has 128 valence electrons. The molecule has 0 spiro atoms. The molecule has 0 aliphatic carbocycles. The van der Waals surface area contributed by atoms with Crippen LogP contribution in [0, 0.1) is 5.82 Å². The van der Waals surface area contributed by atoms with Gasteiger partial charge >= 0.3 is 0 Å². The number of aromatic amines is 1. The highest BCUT2D eigenvalue weighted by molar-refractivity contribution is 5.83. The highest BCUT2D eigenvalue weighted by atomic mass is 19.1. The number of nitrogens with zero attached hydrogens (tertiary/aromatic N) is 1. The van der Waals surface area contributed by atoms with Crippen LogP contribution in [0.2, 0.25) is 0 Å². The van der Waals surface area contributed by atoms with Crippen molar-refractivity contribution in [1.29, 1.82) is 0 Å². The minimum atomic E-state index is -0.204. The van der Waals surface area contributed by atoms with E-state index in [0.29, 0.717) is 18.2 Å². The normalized spacial score (nSPS) is 26.2. The van der Waals surface area contributed by atoms with Crippen LogP contribution in [0.4, 0.5) is 4.39 Å². The molecule has 3 N–H and O–H groups in total. The number of aromatic nitrogens is 1. The minimum Gasteiger partial charge on any atom is -0.373 e. The van der Waals surface area contributed by atoms with Gasteiger partial charge in [-0.1, -0.05) is 0 Å². The first-order valence-corrected chi connectivity index (χ1v) is 8.61. The second-order valence-electron chi connectivity index (χ2n) is 6.61. The molecule has 3 heterocycles. The number of nitrogens with one attached hydrogen (secondary N) is 3. The van der Waals surface area contributed by atoms with Crippen molar-refractivity contribution in [3.63, 3.8) is 0 Å². The largest absolute Gasteiger partial charge is 0.373 e. The highest BCUT2D eigenvalue weighted by Crippen LogP contribution is 2.34. The maximum atomic E-state index is 13.4. The van der Waals surface area contributed by atoms with Crippen molar-refractivity contribution in [2.45, 2.75) is 43.9 Å². The van der Waals surface area contributed by atoms with E-state index in [2.05, 4.69) is 20.6 Å². The molecular formula is C18H23FN4O. The third-order valence-corrected chi connectivity index (χ3v) is 5.07. The summed E-state index contributed by atoms with van der Waals surface area (Å²) in [6.45, 7) is 0.741. The number of aliphatic imine (C=N–C) groups is 1. The summed E-state index contributed by atoms with van der Waals surface area (Å²) in [5, 5.41) is 7.76. The molecule has 0 amide bonds. The number of hydrogen-bond donors (Lipinski definition) is 3. The molecule has 0 radical (unpaired) electrons. The third kappa shape index (κ3) is 2.98. The zero-order chi connectivity index (χ0) is 16.5. The smallest absolute Gasteiger partial charge is 0.191 e. The van der Waals surface area contributed by atoms with E-state index in [1.54, 1.807) is 19.2 Å². The molecular weight excluding hydrogens is 307 g/mol. The van der Waals surface area contributed by atoms with Crippen LogP contribution in [-0.2, 0) is 11.2 Å². The number of H-pyrrole nitrogens is 1. The quantitative estimate of drug-likeness (QED) is 0.596. The molecule has 2 aliphatic heterocycles. The number of benzene rings is 1. The Morgan fingerprint density at radius 2 is 2.33 bits per heavy atom. The van der Waals surface area contributed by atoms with Crippen molar-refractivity contribution in [1.82, 2.24) is 15.6 Å². The van der Waals surface area contributed by atoms with Crippen molar-refractivity contribution in [3.8, 4) is 0 Å². The van der Waals surface area contributed by atoms with Gasteiger partial charge in [0.25, 0.3) is 0 Å². The van der Waals surface area contributed by atoms with Gasteiger partial charge in [-0.2, -0.15) is 0 Å². The average Bonchev–Trinajstić information content (AvgIpc) is 3.29. The second kappa shape index (κ2) is 6.43. The van der Waals surface area contributed by atoms with Crippen molar-refractivity contribution < 1.29 is 9.13 Å². The van der Waals surface area contributed by atoms with Gasteiger partial charge in [0.05, 0.1) is 18.2 Å². The van der Waals surface area contributed by atoms with Gasteiger partial charge < -0.3 is 20.4 Å². The maximum Gasteiger partial charge on any atom is 0.191 e. The van der Waals surface area contributed by atoms with E-state index < -0.39 is 0 Å². The number of rotatable bonds is 4. The van der Waals surface area contributed by atoms with E-state index in [-0.39, 0.29) is 5.82 Å². The molecule has 4 rings (SSSR count). The van der Waals surface area contributed by atoms with Gasteiger partial charge in [0, 0.05) is 30.7 Å². The van der Waals surface area contributed by atoms with Crippen LogP contribution in [-0.4, -0.2) is 42.8 Å². The van der Waals surface area contributed by atoms with Crippen molar-refractivity contribution in [2.75, 3.05) is 13.6 Å². The lowest BCUT2D eigenvalue weighted by atomic mass is 9.96. The van der Waals surface area contributed by atoms with Gasteiger partial charge in [-0.25, -0.2) is 4.39 Å². The fraction of sp³-hybridized carbons (Fsp3) is 0.500. The summed E-state index contributed by atoms with van der Waals surface area (Å²) in [4.78, 5) is 7.49. The lowest BCUT2D eigenvalue weighted by Gasteiger charge is -2.22. The van der Waals surface area contributed by atoms with E-state index >= 15 is 0 Å². The third-order valence-electron chi connectivity index (χ3n) is 5.07. The summed E-state index contributed by atoms with van der Waals surface area (Å²) in [6, 6.07) is 5.19. The Labute approximate surface area is 140 Å². The first kappa shape index (κ1) is 15.4. The van der Waals surface area contributed by atoms with Crippen LogP contribution in [0.25, 0.3) is 10.9 Å². The van der Waals surface area contributed by atoms with Gasteiger partial charge in [0.2, 0.25) is 0 Å². The molecule has 24 heavy (non-hydrogen) atoms. The van der Waals surface area contributed by atoms with Crippen LogP contribution < -0.4 is 10.6 Å². The Morgan fingerprint density at radius 3 is 3.08 bits per heavy atom. The molecule has 3 atom stereocenters. The summed E-state index contributed by atoms with van der Waals surface area (Å²) >= 11 is 0. The van der Waals surface area contributed by atoms with E-state index in [0.717, 1.165) is 48.2 Å². The molecule has 6 heteroatoms. The van der Waals surface area contributed by atoms with Gasteiger partial charge in [-0.05, 0) is 49.4 Å². The first-order valence-electron chi connectivity index (χ1n) is 8.61. The standard InChI is InChI=1S/C18H23FN4O/c1-20-18(23-16-9-13-3-5-17(16)24-13)21-7-6-11-10-22-15-4-2-12(19)8-14(11)15/h2,4,8,10,13,16-17,22H,3,5-7,9H2,1H3,(H2,20,21,23). The van der Waals surface area contributed by atoms with Gasteiger partial charge in [0.1, 0.15) is 5.82 Å². The molecule has 2 aliphatic rings.